The molecule has 0 fully saturated rings. The zero-order chi connectivity index (χ0) is 7.49. The lowest BCUT2D eigenvalue weighted by molar-refractivity contribution is 0.303. The molecule has 0 aliphatic rings. The van der Waals surface area contributed by atoms with Gasteiger partial charge in [0.15, 0.2) is 0 Å². The van der Waals surface area contributed by atoms with Crippen LogP contribution in [0.3, 0.4) is 0 Å². The van der Waals surface area contributed by atoms with Crippen LogP contribution in [0.25, 0.3) is 0 Å². The average Bonchev–Trinajstić information content (AvgIpc) is 1.62. The zero-order valence-electron chi connectivity index (χ0n) is 5.03. The predicted octanol–water partition coefficient (Wildman–Crippen LogP) is -0.230. The molecule has 0 heterocycles. The van der Waals surface area contributed by atoms with E-state index in [1.165, 1.54) is 6.92 Å². The van der Waals surface area contributed by atoms with Gasteiger partial charge in [-0.1, -0.05) is 5.16 Å². The minimum Gasteiger partial charge on any atom is -0.408 e. The van der Waals surface area contributed by atoms with Crippen molar-refractivity contribution in [3.05, 3.63) is 0 Å². The lowest BCUT2D eigenvalue weighted by Gasteiger charge is -1.96. The summed E-state index contributed by atoms with van der Waals surface area (Å²) in [7, 11) is -3.53. The van der Waals surface area contributed by atoms with Crippen LogP contribution in [0.5, 0.6) is 0 Å². The normalized spacial score (nSPS) is 13.3. The Morgan fingerprint density at radius 2 is 2.11 bits per heavy atom. The Morgan fingerprint density at radius 1 is 1.67 bits per heavy atom. The van der Waals surface area contributed by atoms with Crippen molar-refractivity contribution in [3.8, 4) is 0 Å². The van der Waals surface area contributed by atoms with Crippen LogP contribution >= 0.6 is 0 Å². The van der Waals surface area contributed by atoms with E-state index in [-0.39, 0.29) is 5.90 Å². The van der Waals surface area contributed by atoms with Gasteiger partial charge in [-0.2, -0.15) is 8.42 Å². The number of rotatable bonds is 1. The first-order chi connectivity index (χ1) is 3.95. The average molecular weight is 153 g/mol. The highest BCUT2D eigenvalue weighted by Gasteiger charge is 2.02. The molecule has 0 radical (unpaired) electrons. The van der Waals surface area contributed by atoms with Crippen LogP contribution < -0.4 is 0 Å². The molecule has 0 bridgehead atoms. The van der Waals surface area contributed by atoms with Crippen molar-refractivity contribution in [3.63, 3.8) is 0 Å². The van der Waals surface area contributed by atoms with E-state index in [9.17, 15) is 8.42 Å². The number of hydrogen-bond acceptors (Lipinski definition) is 5. The fourth-order valence-electron chi connectivity index (χ4n) is 0.236. The fraction of sp³-hybridized carbons (Fsp3) is 0.667. The standard InChI is InChI=1S/C3H7NO4S/c1-3(4-5)8-9(2,6)7/h5H,1-2H3. The van der Waals surface area contributed by atoms with Crippen molar-refractivity contribution in [2.75, 3.05) is 6.26 Å². The molecule has 9 heavy (non-hydrogen) atoms. The van der Waals surface area contributed by atoms with E-state index in [0.29, 0.717) is 0 Å². The third kappa shape index (κ3) is 5.09. The van der Waals surface area contributed by atoms with Gasteiger partial charge in [0.2, 0.25) is 5.90 Å². The molecule has 0 aliphatic heterocycles. The molecule has 0 amide bonds. The summed E-state index contributed by atoms with van der Waals surface area (Å²) in [4.78, 5) is 0. The molecule has 0 unspecified atom stereocenters. The van der Waals surface area contributed by atoms with Crippen molar-refractivity contribution < 1.29 is 17.8 Å². The lowest BCUT2D eigenvalue weighted by Crippen LogP contribution is -2.07. The van der Waals surface area contributed by atoms with E-state index in [1.807, 2.05) is 0 Å². The van der Waals surface area contributed by atoms with Crippen molar-refractivity contribution in [1.29, 1.82) is 0 Å². The third-order valence-electron chi connectivity index (χ3n) is 0.413. The third-order valence-corrected chi connectivity index (χ3v) is 0.957. The highest BCUT2D eigenvalue weighted by Crippen LogP contribution is 1.87. The smallest absolute Gasteiger partial charge is 0.307 e. The van der Waals surface area contributed by atoms with Crippen LogP contribution in [0.2, 0.25) is 0 Å². The first kappa shape index (κ1) is 8.22. The molecule has 5 nitrogen and oxygen atoms in total. The quantitative estimate of drug-likeness (QED) is 0.185. The Morgan fingerprint density at radius 3 is 2.22 bits per heavy atom. The Bertz CT molecular complexity index is 204. The van der Waals surface area contributed by atoms with Gasteiger partial charge in [-0.15, -0.1) is 0 Å². The minimum atomic E-state index is -3.53. The maximum Gasteiger partial charge on any atom is 0.307 e. The minimum absolute atomic E-state index is 0.294. The van der Waals surface area contributed by atoms with Gasteiger partial charge < -0.3 is 9.39 Å². The monoisotopic (exact) mass is 153 g/mol. The molecule has 0 saturated heterocycles. The van der Waals surface area contributed by atoms with Crippen LogP contribution in [0, 0.1) is 0 Å². The summed E-state index contributed by atoms with van der Waals surface area (Å²) in [6.07, 6.45) is 0.863. The molecule has 0 aromatic carbocycles. The molecular formula is C3H7NO4S. The Balaban J connectivity index is 4.07. The predicted molar refractivity (Wildman–Crippen MR) is 30.8 cm³/mol. The molecule has 1 N–H and O–H groups in total. The summed E-state index contributed by atoms with van der Waals surface area (Å²) in [6.45, 7) is 1.22. The van der Waals surface area contributed by atoms with Gasteiger partial charge in [0, 0.05) is 6.92 Å². The van der Waals surface area contributed by atoms with Gasteiger partial charge in [-0.3, -0.25) is 0 Å². The summed E-state index contributed by atoms with van der Waals surface area (Å²) in [5.74, 6) is -0.294. The molecule has 6 heteroatoms. The van der Waals surface area contributed by atoms with Crippen molar-refractivity contribution in [2.24, 2.45) is 5.16 Å². The summed E-state index contributed by atoms with van der Waals surface area (Å²) < 4.78 is 24.4. The molecule has 0 aliphatic carbocycles. The summed E-state index contributed by atoms with van der Waals surface area (Å²) in [5.41, 5.74) is 0. The number of hydrogen-bond donors (Lipinski definition) is 1. The Hall–Kier alpha value is -0.780. The second-order valence-electron chi connectivity index (χ2n) is 1.41. The topological polar surface area (TPSA) is 76.0 Å². The highest BCUT2D eigenvalue weighted by atomic mass is 32.2. The summed E-state index contributed by atoms with van der Waals surface area (Å²) in [6, 6.07) is 0. The SMILES string of the molecule is CC(=NO)OS(C)(=O)=O. The summed E-state index contributed by atoms with van der Waals surface area (Å²) in [5, 5.41) is 10.4. The van der Waals surface area contributed by atoms with Gasteiger partial charge in [0.25, 0.3) is 0 Å². The maximum atomic E-state index is 10.2. The molecular weight excluding hydrogens is 146 g/mol. The second-order valence-corrected chi connectivity index (χ2v) is 2.98. The van der Waals surface area contributed by atoms with Crippen LogP contribution in [0.15, 0.2) is 5.16 Å². The van der Waals surface area contributed by atoms with Gasteiger partial charge in [-0.05, 0) is 0 Å². The summed E-state index contributed by atoms with van der Waals surface area (Å²) >= 11 is 0. The molecule has 0 rings (SSSR count). The number of nitrogens with zero attached hydrogens (tertiary/aromatic N) is 1. The van der Waals surface area contributed by atoms with Crippen molar-refractivity contribution in [1.82, 2.24) is 0 Å². The van der Waals surface area contributed by atoms with E-state index in [2.05, 4.69) is 9.34 Å². The largest absolute Gasteiger partial charge is 0.408 e. The molecule has 54 valence electrons. The fourth-order valence-corrected chi connectivity index (χ4v) is 0.707. The van der Waals surface area contributed by atoms with E-state index < -0.39 is 10.1 Å². The van der Waals surface area contributed by atoms with E-state index in [4.69, 9.17) is 5.21 Å². The van der Waals surface area contributed by atoms with Gasteiger partial charge in [-0.25, -0.2) is 0 Å². The molecule has 0 spiro atoms. The Labute approximate surface area is 53.1 Å². The molecule has 0 saturated carbocycles. The first-order valence-electron chi connectivity index (χ1n) is 2.04. The van der Waals surface area contributed by atoms with E-state index in [0.717, 1.165) is 6.26 Å². The first-order valence-corrected chi connectivity index (χ1v) is 3.85. The highest BCUT2D eigenvalue weighted by molar-refractivity contribution is 7.86. The lowest BCUT2D eigenvalue weighted by atomic mass is 10.8. The van der Waals surface area contributed by atoms with E-state index >= 15 is 0 Å². The van der Waals surface area contributed by atoms with Crippen LogP contribution in [-0.4, -0.2) is 25.8 Å². The van der Waals surface area contributed by atoms with Crippen LogP contribution in [0.4, 0.5) is 0 Å². The zero-order valence-corrected chi connectivity index (χ0v) is 5.84. The molecule has 0 atom stereocenters. The van der Waals surface area contributed by atoms with Gasteiger partial charge in [0.05, 0.1) is 6.26 Å². The molecule has 0 aromatic heterocycles. The van der Waals surface area contributed by atoms with Gasteiger partial charge in [0.1, 0.15) is 0 Å². The van der Waals surface area contributed by atoms with Crippen LogP contribution in [-0.2, 0) is 14.3 Å². The van der Waals surface area contributed by atoms with Gasteiger partial charge >= 0.3 is 10.1 Å². The number of oxime groups is 1. The van der Waals surface area contributed by atoms with Crippen LogP contribution in [0.1, 0.15) is 6.92 Å². The molecule has 0 aromatic rings. The Kier molecular flexibility index (Phi) is 2.44. The van der Waals surface area contributed by atoms with Crippen molar-refractivity contribution >= 4 is 16.0 Å². The van der Waals surface area contributed by atoms with Crippen molar-refractivity contribution in [2.45, 2.75) is 6.92 Å². The van der Waals surface area contributed by atoms with E-state index in [1.54, 1.807) is 0 Å². The maximum absolute atomic E-state index is 10.2. The second kappa shape index (κ2) is 2.67.